The Bertz CT molecular complexity index is 380. The number of ether oxygens (including phenoxy) is 2. The highest BCUT2D eigenvalue weighted by Crippen LogP contribution is 2.22. The van der Waals surface area contributed by atoms with Crippen molar-refractivity contribution in [2.45, 2.75) is 6.54 Å². The van der Waals surface area contributed by atoms with Gasteiger partial charge in [-0.05, 0) is 6.07 Å². The number of benzene rings is 1. The summed E-state index contributed by atoms with van der Waals surface area (Å²) in [5.74, 6) is 0.793. The van der Waals surface area contributed by atoms with Crippen molar-refractivity contribution < 1.29 is 19.4 Å². The molecule has 16 heavy (non-hydrogen) atoms. The maximum absolute atomic E-state index is 11.4. The maximum Gasteiger partial charge on any atom is 0.412 e. The van der Waals surface area contributed by atoms with Crippen molar-refractivity contribution in [2.75, 3.05) is 19.9 Å². The van der Waals surface area contributed by atoms with Crippen LogP contribution in [0.2, 0.25) is 0 Å². The predicted molar refractivity (Wildman–Crippen MR) is 55.9 cm³/mol. The Morgan fingerprint density at radius 2 is 2.31 bits per heavy atom. The van der Waals surface area contributed by atoms with Crippen LogP contribution < -0.4 is 4.74 Å². The van der Waals surface area contributed by atoms with Gasteiger partial charge in [-0.15, -0.1) is 0 Å². The van der Waals surface area contributed by atoms with Crippen LogP contribution in [0.3, 0.4) is 0 Å². The highest BCUT2D eigenvalue weighted by Gasteiger charge is 2.20. The third-order valence-electron chi connectivity index (χ3n) is 2.40. The third kappa shape index (κ3) is 2.25. The van der Waals surface area contributed by atoms with Gasteiger partial charge in [0.2, 0.25) is 0 Å². The van der Waals surface area contributed by atoms with Crippen molar-refractivity contribution in [3.63, 3.8) is 0 Å². The highest BCUT2D eigenvalue weighted by molar-refractivity contribution is 5.67. The molecule has 0 saturated carbocycles. The van der Waals surface area contributed by atoms with Gasteiger partial charge in [0.15, 0.2) is 6.79 Å². The minimum atomic E-state index is -0.599. The Kier molecular flexibility index (Phi) is 3.26. The topological polar surface area (TPSA) is 59.0 Å². The SMILES string of the molecule is O=C(OCO)N1CCOc2ccccc2C1. The Hall–Kier alpha value is -1.75. The molecule has 1 amide bonds. The summed E-state index contributed by atoms with van der Waals surface area (Å²) in [5.41, 5.74) is 0.940. The highest BCUT2D eigenvalue weighted by atomic mass is 16.6. The number of para-hydroxylation sites is 1. The fourth-order valence-corrected chi connectivity index (χ4v) is 1.63. The first-order chi connectivity index (χ1) is 7.81. The van der Waals surface area contributed by atoms with E-state index in [2.05, 4.69) is 4.74 Å². The van der Waals surface area contributed by atoms with E-state index < -0.39 is 12.9 Å². The van der Waals surface area contributed by atoms with Crippen LogP contribution in [0, 0.1) is 0 Å². The number of hydrogen-bond donors (Lipinski definition) is 1. The largest absolute Gasteiger partial charge is 0.491 e. The number of amides is 1. The monoisotopic (exact) mass is 223 g/mol. The van der Waals surface area contributed by atoms with E-state index in [1.54, 1.807) is 0 Å². The van der Waals surface area contributed by atoms with E-state index in [4.69, 9.17) is 9.84 Å². The number of fused-ring (bicyclic) bond motifs is 1. The molecule has 0 saturated heterocycles. The quantitative estimate of drug-likeness (QED) is 0.721. The van der Waals surface area contributed by atoms with Crippen LogP contribution in [0.15, 0.2) is 24.3 Å². The van der Waals surface area contributed by atoms with Crippen LogP contribution in [0.4, 0.5) is 4.79 Å². The number of carbonyl (C=O) groups excluding carboxylic acids is 1. The fourth-order valence-electron chi connectivity index (χ4n) is 1.63. The number of nitrogens with zero attached hydrogens (tertiary/aromatic N) is 1. The molecule has 0 radical (unpaired) electrons. The van der Waals surface area contributed by atoms with E-state index in [1.165, 1.54) is 4.90 Å². The lowest BCUT2D eigenvalue weighted by atomic mass is 10.2. The van der Waals surface area contributed by atoms with Crippen LogP contribution >= 0.6 is 0 Å². The van der Waals surface area contributed by atoms with Gasteiger partial charge in [-0.25, -0.2) is 4.79 Å². The number of rotatable bonds is 1. The van der Waals surface area contributed by atoms with Crippen molar-refractivity contribution in [3.05, 3.63) is 29.8 Å². The number of aliphatic hydroxyl groups excluding tert-OH is 1. The number of carbonyl (C=O) groups is 1. The molecule has 0 unspecified atom stereocenters. The molecule has 5 nitrogen and oxygen atoms in total. The van der Waals surface area contributed by atoms with Crippen molar-refractivity contribution in [3.8, 4) is 5.75 Å². The lowest BCUT2D eigenvalue weighted by molar-refractivity contribution is 0.0201. The van der Waals surface area contributed by atoms with Crippen LogP contribution in [-0.2, 0) is 11.3 Å². The van der Waals surface area contributed by atoms with E-state index in [9.17, 15) is 4.79 Å². The van der Waals surface area contributed by atoms with Crippen molar-refractivity contribution in [2.24, 2.45) is 0 Å². The van der Waals surface area contributed by atoms with E-state index in [1.807, 2.05) is 24.3 Å². The third-order valence-corrected chi connectivity index (χ3v) is 2.40. The summed E-state index contributed by atoms with van der Waals surface area (Å²) in [6.07, 6.45) is -0.525. The van der Waals surface area contributed by atoms with Crippen molar-refractivity contribution in [1.29, 1.82) is 0 Å². The average molecular weight is 223 g/mol. The first-order valence-corrected chi connectivity index (χ1v) is 5.04. The zero-order chi connectivity index (χ0) is 11.4. The summed E-state index contributed by atoms with van der Waals surface area (Å²) in [5, 5.41) is 8.53. The summed E-state index contributed by atoms with van der Waals surface area (Å²) in [6, 6.07) is 7.56. The van der Waals surface area contributed by atoms with E-state index in [0.29, 0.717) is 19.7 Å². The minimum absolute atomic E-state index is 0.428. The van der Waals surface area contributed by atoms with Gasteiger partial charge in [0.1, 0.15) is 12.4 Å². The predicted octanol–water partition coefficient (Wildman–Crippen LogP) is 0.967. The first kappa shape index (κ1) is 10.8. The Morgan fingerprint density at radius 1 is 1.50 bits per heavy atom. The molecule has 0 atom stereocenters. The molecule has 0 fully saturated rings. The molecular weight excluding hydrogens is 210 g/mol. The van der Waals surface area contributed by atoms with Gasteiger partial charge in [-0.3, -0.25) is 0 Å². The smallest absolute Gasteiger partial charge is 0.412 e. The number of hydrogen-bond acceptors (Lipinski definition) is 4. The second-order valence-corrected chi connectivity index (χ2v) is 3.42. The Morgan fingerprint density at radius 3 is 3.12 bits per heavy atom. The molecule has 1 aromatic rings. The second-order valence-electron chi connectivity index (χ2n) is 3.42. The Balaban J connectivity index is 2.13. The van der Waals surface area contributed by atoms with Crippen LogP contribution in [0.1, 0.15) is 5.56 Å². The summed E-state index contributed by atoms with van der Waals surface area (Å²) in [4.78, 5) is 13.0. The van der Waals surface area contributed by atoms with Gasteiger partial charge in [-0.2, -0.15) is 0 Å². The van der Waals surface area contributed by atoms with E-state index >= 15 is 0 Å². The molecule has 0 aromatic heterocycles. The number of aliphatic hydroxyl groups is 1. The first-order valence-electron chi connectivity index (χ1n) is 5.04. The van der Waals surface area contributed by atoms with Crippen LogP contribution in [-0.4, -0.2) is 36.0 Å². The average Bonchev–Trinajstić information content (AvgIpc) is 2.51. The minimum Gasteiger partial charge on any atom is -0.491 e. The molecule has 0 bridgehead atoms. The summed E-state index contributed by atoms with van der Waals surface area (Å²) in [6.45, 7) is 0.720. The molecule has 5 heteroatoms. The second kappa shape index (κ2) is 4.85. The van der Waals surface area contributed by atoms with Gasteiger partial charge >= 0.3 is 6.09 Å². The molecule has 2 rings (SSSR count). The lowest BCUT2D eigenvalue weighted by Gasteiger charge is -2.18. The van der Waals surface area contributed by atoms with Crippen LogP contribution in [0.25, 0.3) is 0 Å². The van der Waals surface area contributed by atoms with Crippen molar-refractivity contribution in [1.82, 2.24) is 4.90 Å². The zero-order valence-electron chi connectivity index (χ0n) is 8.76. The normalized spacial score (nSPS) is 14.7. The lowest BCUT2D eigenvalue weighted by Crippen LogP contribution is -2.33. The molecule has 86 valence electrons. The van der Waals surface area contributed by atoms with E-state index in [-0.39, 0.29) is 0 Å². The molecule has 1 aromatic carbocycles. The standard InChI is InChI=1S/C11H13NO4/c13-8-16-11(14)12-5-6-15-10-4-2-1-3-9(10)7-12/h1-4,13H,5-8H2. The molecule has 1 aliphatic heterocycles. The van der Waals surface area contributed by atoms with Gasteiger partial charge in [0.25, 0.3) is 0 Å². The Labute approximate surface area is 93.2 Å². The van der Waals surface area contributed by atoms with Gasteiger partial charge in [-0.1, -0.05) is 18.2 Å². The van der Waals surface area contributed by atoms with E-state index in [0.717, 1.165) is 11.3 Å². The molecule has 1 aliphatic rings. The molecule has 0 aliphatic carbocycles. The molecule has 1 N–H and O–H groups in total. The van der Waals surface area contributed by atoms with Gasteiger partial charge in [0.05, 0.1) is 13.1 Å². The van der Waals surface area contributed by atoms with Gasteiger partial charge in [0, 0.05) is 5.56 Å². The fraction of sp³-hybridized carbons (Fsp3) is 0.364. The summed E-state index contributed by atoms with van der Waals surface area (Å²) >= 11 is 0. The maximum atomic E-state index is 11.4. The van der Waals surface area contributed by atoms with Crippen molar-refractivity contribution >= 4 is 6.09 Å². The zero-order valence-corrected chi connectivity index (χ0v) is 8.76. The summed E-state index contributed by atoms with van der Waals surface area (Å²) < 4.78 is 10.0. The van der Waals surface area contributed by atoms with Gasteiger partial charge < -0.3 is 19.5 Å². The van der Waals surface area contributed by atoms with Crippen LogP contribution in [0.5, 0.6) is 5.75 Å². The molecule has 1 heterocycles. The summed E-state index contributed by atoms with van der Waals surface area (Å²) in [7, 11) is 0. The molecular formula is C11H13NO4. The molecule has 0 spiro atoms.